The van der Waals surface area contributed by atoms with Gasteiger partial charge in [0.1, 0.15) is 29.9 Å². The van der Waals surface area contributed by atoms with Gasteiger partial charge in [0.25, 0.3) is 11.8 Å². The van der Waals surface area contributed by atoms with Crippen LogP contribution in [0.5, 0.6) is 0 Å². The lowest BCUT2D eigenvalue weighted by atomic mass is 10.0. The molecule has 15 nitrogen and oxygen atoms in total. The minimum absolute atomic E-state index is 0.121. The number of nitrogens with two attached hydrogens (primary N) is 1. The topological polar surface area (TPSA) is 198 Å². The molecular formula is C21H27N5O10S2. The van der Waals surface area contributed by atoms with E-state index in [9.17, 15) is 23.4 Å². The fourth-order valence-electron chi connectivity index (χ4n) is 3.61. The molecule has 208 valence electrons. The first-order chi connectivity index (χ1) is 18.0. The Morgan fingerprint density at radius 3 is 2.55 bits per heavy atom. The van der Waals surface area contributed by atoms with E-state index in [0.29, 0.717) is 0 Å². The third-order valence-electron chi connectivity index (χ3n) is 5.03. The number of thiazole rings is 1. The third-order valence-corrected chi connectivity index (χ3v) is 7.36. The van der Waals surface area contributed by atoms with Gasteiger partial charge in [-0.2, -0.15) is 0 Å². The molecule has 0 spiro atoms. The highest BCUT2D eigenvalue weighted by Gasteiger charge is 2.57. The van der Waals surface area contributed by atoms with E-state index in [1.165, 1.54) is 26.5 Å². The monoisotopic (exact) mass is 573 g/mol. The number of oxime groups is 1. The van der Waals surface area contributed by atoms with Gasteiger partial charge in [-0.25, -0.2) is 14.6 Å². The highest BCUT2D eigenvalue weighted by Crippen LogP contribution is 2.35. The molecule has 3 rings (SSSR count). The van der Waals surface area contributed by atoms with Crippen LogP contribution in [0.4, 0.5) is 9.93 Å². The van der Waals surface area contributed by atoms with Gasteiger partial charge in [-0.15, -0.1) is 11.3 Å². The zero-order valence-corrected chi connectivity index (χ0v) is 22.8. The number of rotatable bonds is 10. The molecule has 1 fully saturated rings. The van der Waals surface area contributed by atoms with Crippen LogP contribution in [0, 0.1) is 0 Å². The van der Waals surface area contributed by atoms with Crippen LogP contribution in [0.15, 0.2) is 21.8 Å². The lowest BCUT2D eigenvalue weighted by Crippen LogP contribution is -2.74. The van der Waals surface area contributed by atoms with Gasteiger partial charge in [-0.3, -0.25) is 18.7 Å². The van der Waals surface area contributed by atoms with Crippen molar-refractivity contribution in [2.45, 2.75) is 44.6 Å². The zero-order valence-electron chi connectivity index (χ0n) is 21.1. The average Bonchev–Trinajstić information content (AvgIpc) is 3.25. The maximum Gasteiger partial charge on any atom is 0.511 e. The summed E-state index contributed by atoms with van der Waals surface area (Å²) in [5, 5.41) is 6.72. The van der Waals surface area contributed by atoms with Gasteiger partial charge >= 0.3 is 12.1 Å². The van der Waals surface area contributed by atoms with Crippen LogP contribution in [-0.4, -0.2) is 94.1 Å². The summed E-state index contributed by atoms with van der Waals surface area (Å²) in [5.74, 6) is -2.69. The van der Waals surface area contributed by atoms with Gasteiger partial charge in [0.15, 0.2) is 10.8 Å². The minimum atomic E-state index is -1.72. The van der Waals surface area contributed by atoms with Crippen molar-refractivity contribution in [3.8, 4) is 0 Å². The quantitative estimate of drug-likeness (QED) is 0.123. The number of nitrogens with one attached hydrogen (secondary N) is 1. The van der Waals surface area contributed by atoms with E-state index in [1.54, 1.807) is 13.8 Å². The predicted molar refractivity (Wildman–Crippen MR) is 133 cm³/mol. The van der Waals surface area contributed by atoms with Crippen molar-refractivity contribution in [3.05, 3.63) is 22.3 Å². The molecule has 17 heteroatoms. The van der Waals surface area contributed by atoms with E-state index >= 15 is 0 Å². The number of nitrogen functional groups attached to an aromatic ring is 1. The van der Waals surface area contributed by atoms with Crippen molar-refractivity contribution in [2.75, 3.05) is 32.3 Å². The molecule has 2 unspecified atom stereocenters. The van der Waals surface area contributed by atoms with Gasteiger partial charge in [0.05, 0.1) is 29.3 Å². The van der Waals surface area contributed by atoms with E-state index in [1.807, 2.05) is 0 Å². The summed E-state index contributed by atoms with van der Waals surface area (Å²) in [6.07, 6.45) is -2.86. The molecule has 2 aliphatic rings. The molecular weight excluding hydrogens is 546 g/mol. The molecule has 1 saturated heterocycles. The molecule has 4 atom stereocenters. The maximum absolute atomic E-state index is 13.1. The Balaban J connectivity index is 1.79. The number of fused-ring (bicyclic) bond motifs is 1. The minimum Gasteiger partial charge on any atom is -0.431 e. The SMILES string of the molecule is COCC1=C(C(=O)OC(C)OC(=O)OC(C)C)N2C(=O)[C@@H](NC(=O)/C(=N/OC)c3csc(N)n3)[C@H]2S(=O)C1. The van der Waals surface area contributed by atoms with Crippen LogP contribution in [0.3, 0.4) is 0 Å². The van der Waals surface area contributed by atoms with Crippen LogP contribution in [0.2, 0.25) is 0 Å². The molecule has 0 aliphatic carbocycles. The third kappa shape index (κ3) is 6.28. The van der Waals surface area contributed by atoms with Crippen LogP contribution in [0.1, 0.15) is 26.5 Å². The number of nitrogens with zero attached hydrogens (tertiary/aromatic N) is 3. The van der Waals surface area contributed by atoms with Crippen LogP contribution in [-0.2, 0) is 49.0 Å². The summed E-state index contributed by atoms with van der Waals surface area (Å²) in [5.41, 5.74) is 5.53. The number of β-lactam (4-membered cyclic amide) rings is 1. The molecule has 0 aromatic carbocycles. The first kappa shape index (κ1) is 29.0. The summed E-state index contributed by atoms with van der Waals surface area (Å²) in [6.45, 7) is 4.40. The van der Waals surface area contributed by atoms with E-state index in [4.69, 9.17) is 29.5 Å². The Bertz CT molecular complexity index is 1200. The number of aromatic nitrogens is 1. The normalized spacial score (nSPS) is 21.8. The second kappa shape index (κ2) is 12.3. The highest BCUT2D eigenvalue weighted by atomic mass is 32.2. The van der Waals surface area contributed by atoms with E-state index < -0.39 is 58.5 Å². The molecule has 3 heterocycles. The van der Waals surface area contributed by atoms with Gasteiger partial charge < -0.3 is 34.8 Å². The van der Waals surface area contributed by atoms with Crippen molar-refractivity contribution in [1.82, 2.24) is 15.2 Å². The number of carbonyl (C=O) groups is 4. The summed E-state index contributed by atoms with van der Waals surface area (Å²) in [4.78, 5) is 60.5. The lowest BCUT2D eigenvalue weighted by Gasteiger charge is -2.49. The Morgan fingerprint density at radius 1 is 1.26 bits per heavy atom. The Labute approximate surface area is 223 Å². The Morgan fingerprint density at radius 2 is 1.97 bits per heavy atom. The van der Waals surface area contributed by atoms with Crippen molar-refractivity contribution < 1.29 is 47.2 Å². The number of carbonyl (C=O) groups excluding carboxylic acids is 4. The van der Waals surface area contributed by atoms with Crippen molar-refractivity contribution in [3.63, 3.8) is 0 Å². The average molecular weight is 574 g/mol. The van der Waals surface area contributed by atoms with Crippen molar-refractivity contribution in [2.24, 2.45) is 5.16 Å². The zero-order chi connectivity index (χ0) is 28.1. The molecule has 2 amide bonds. The van der Waals surface area contributed by atoms with E-state index in [-0.39, 0.29) is 40.2 Å². The molecule has 3 N–H and O–H groups in total. The van der Waals surface area contributed by atoms with Gasteiger partial charge in [0, 0.05) is 19.4 Å². The molecule has 38 heavy (non-hydrogen) atoms. The van der Waals surface area contributed by atoms with Gasteiger partial charge in [0.2, 0.25) is 6.29 Å². The number of hydrogen-bond donors (Lipinski definition) is 2. The molecule has 0 bridgehead atoms. The first-order valence-electron chi connectivity index (χ1n) is 11.1. The largest absolute Gasteiger partial charge is 0.511 e. The van der Waals surface area contributed by atoms with Crippen molar-refractivity contribution in [1.29, 1.82) is 0 Å². The number of esters is 1. The summed E-state index contributed by atoms with van der Waals surface area (Å²) in [7, 11) is 0.872. The fraction of sp³-hybridized carbons (Fsp3) is 0.524. The second-order valence-electron chi connectivity index (χ2n) is 8.16. The summed E-state index contributed by atoms with van der Waals surface area (Å²) < 4.78 is 33.1. The predicted octanol–water partition coefficient (Wildman–Crippen LogP) is -0.157. The number of ether oxygens (including phenoxy) is 4. The van der Waals surface area contributed by atoms with Crippen LogP contribution >= 0.6 is 11.3 Å². The van der Waals surface area contributed by atoms with Crippen LogP contribution in [0.25, 0.3) is 0 Å². The maximum atomic E-state index is 13.1. The molecule has 1 aromatic rings. The Hall–Kier alpha value is -3.57. The molecule has 2 aliphatic heterocycles. The Kier molecular flexibility index (Phi) is 9.40. The second-order valence-corrected chi connectivity index (χ2v) is 10.6. The molecule has 0 radical (unpaired) electrons. The standard InChI is InChI=1S/C21H27N5O10S2/c1-9(2)34-21(30)36-10(3)35-19(29)15-11(6-32-4)8-38(31)18-14(17(28)26(15)18)24-16(27)13(25-33-5)12-7-37-20(22)23-12/h7,9-10,14,18H,6,8H2,1-5H3,(H2,22,23)(H,24,27)/b25-13+/t10?,14-,18-,38?/m1/s1. The lowest BCUT2D eigenvalue weighted by molar-refractivity contribution is -0.169. The van der Waals surface area contributed by atoms with Crippen molar-refractivity contribution >= 4 is 56.9 Å². The number of anilines is 1. The van der Waals surface area contributed by atoms with Gasteiger partial charge in [-0.1, -0.05) is 5.16 Å². The number of methoxy groups -OCH3 is 1. The van der Waals surface area contributed by atoms with E-state index in [2.05, 4.69) is 15.5 Å². The highest BCUT2D eigenvalue weighted by molar-refractivity contribution is 7.86. The molecule has 1 aromatic heterocycles. The summed E-state index contributed by atoms with van der Waals surface area (Å²) in [6, 6.07) is -1.25. The number of amides is 2. The molecule has 0 saturated carbocycles. The van der Waals surface area contributed by atoms with E-state index in [0.717, 1.165) is 16.2 Å². The van der Waals surface area contributed by atoms with Gasteiger partial charge in [-0.05, 0) is 19.4 Å². The fourth-order valence-corrected chi connectivity index (χ4v) is 5.83. The number of hydrogen-bond acceptors (Lipinski definition) is 14. The summed E-state index contributed by atoms with van der Waals surface area (Å²) >= 11 is 1.07. The smallest absolute Gasteiger partial charge is 0.431 e. The first-order valence-corrected chi connectivity index (χ1v) is 13.4. The van der Waals surface area contributed by atoms with Crippen LogP contribution < -0.4 is 11.1 Å².